The van der Waals surface area contributed by atoms with Crippen LogP contribution < -0.4 is 10.6 Å². The third kappa shape index (κ3) is 3.71. The van der Waals surface area contributed by atoms with E-state index >= 15 is 0 Å². The summed E-state index contributed by atoms with van der Waals surface area (Å²) in [7, 11) is 0. The lowest BCUT2D eigenvalue weighted by Gasteiger charge is -2.42. The predicted octanol–water partition coefficient (Wildman–Crippen LogP) is 2.24. The van der Waals surface area contributed by atoms with Gasteiger partial charge in [-0.15, -0.1) is 11.3 Å². The van der Waals surface area contributed by atoms with Crippen molar-refractivity contribution in [3.05, 3.63) is 11.6 Å². The number of nitrogens with zero attached hydrogens (tertiary/aromatic N) is 2. The molecule has 1 saturated heterocycles. The molecule has 0 aromatic carbocycles. The molecule has 2 amide bonds. The molecule has 0 spiro atoms. The highest BCUT2D eigenvalue weighted by molar-refractivity contribution is 7.13. The first-order chi connectivity index (χ1) is 11.3. The predicted molar refractivity (Wildman–Crippen MR) is 94.9 cm³/mol. The van der Waals surface area contributed by atoms with Crippen LogP contribution in [0, 0.1) is 5.41 Å². The van der Waals surface area contributed by atoms with E-state index in [-0.39, 0.29) is 17.2 Å². The fourth-order valence-corrected chi connectivity index (χ4v) is 3.64. The Labute approximate surface area is 147 Å². The summed E-state index contributed by atoms with van der Waals surface area (Å²) < 4.78 is 0. The average Bonchev–Trinajstić information content (AvgIpc) is 3.20. The summed E-state index contributed by atoms with van der Waals surface area (Å²) >= 11 is 1.50. The van der Waals surface area contributed by atoms with Gasteiger partial charge < -0.3 is 15.5 Å². The molecule has 2 fully saturated rings. The van der Waals surface area contributed by atoms with Crippen LogP contribution in [0.5, 0.6) is 0 Å². The van der Waals surface area contributed by atoms with E-state index < -0.39 is 5.54 Å². The van der Waals surface area contributed by atoms with Gasteiger partial charge in [-0.2, -0.15) is 0 Å². The SMILES string of the molecule is CC(C)(C)C(=O)N1CCC(Nc2nccs2)(C(=O)NC2CC2)CC1. The Bertz CT molecular complexity index is 597. The highest BCUT2D eigenvalue weighted by atomic mass is 32.1. The molecule has 7 heteroatoms. The molecule has 2 heterocycles. The van der Waals surface area contributed by atoms with E-state index in [1.807, 2.05) is 31.1 Å². The molecule has 1 aromatic rings. The van der Waals surface area contributed by atoms with Crippen LogP contribution in [0.2, 0.25) is 0 Å². The van der Waals surface area contributed by atoms with Gasteiger partial charge in [0.25, 0.3) is 0 Å². The summed E-state index contributed by atoms with van der Waals surface area (Å²) in [6, 6.07) is 0.321. The van der Waals surface area contributed by atoms with Gasteiger partial charge in [0, 0.05) is 36.1 Å². The number of thiazole rings is 1. The second kappa shape index (κ2) is 6.35. The van der Waals surface area contributed by atoms with Crippen LogP contribution in [0.1, 0.15) is 46.5 Å². The van der Waals surface area contributed by atoms with Crippen molar-refractivity contribution in [3.8, 4) is 0 Å². The van der Waals surface area contributed by atoms with E-state index in [2.05, 4.69) is 15.6 Å². The molecule has 1 aliphatic carbocycles. The Morgan fingerprint density at radius 2 is 1.96 bits per heavy atom. The van der Waals surface area contributed by atoms with Gasteiger partial charge in [-0.1, -0.05) is 20.8 Å². The van der Waals surface area contributed by atoms with Crippen molar-refractivity contribution in [2.24, 2.45) is 5.41 Å². The number of piperidine rings is 1. The molecule has 24 heavy (non-hydrogen) atoms. The fraction of sp³-hybridized carbons (Fsp3) is 0.706. The van der Waals surface area contributed by atoms with Crippen LogP contribution in [-0.2, 0) is 9.59 Å². The molecule has 2 N–H and O–H groups in total. The average molecular weight is 350 g/mol. The minimum absolute atomic E-state index is 0.0445. The lowest BCUT2D eigenvalue weighted by molar-refractivity contribution is -0.142. The maximum atomic E-state index is 12.9. The maximum absolute atomic E-state index is 12.9. The number of anilines is 1. The number of rotatable bonds is 4. The minimum atomic E-state index is -0.672. The number of carbonyl (C=O) groups excluding carboxylic acids is 2. The number of aromatic nitrogens is 1. The molecule has 2 aliphatic rings. The number of nitrogens with one attached hydrogen (secondary N) is 2. The Hall–Kier alpha value is -1.63. The van der Waals surface area contributed by atoms with Crippen LogP contribution in [0.25, 0.3) is 0 Å². The second-order valence-electron chi connectivity index (χ2n) is 7.83. The van der Waals surface area contributed by atoms with E-state index in [1.54, 1.807) is 6.20 Å². The largest absolute Gasteiger partial charge is 0.351 e. The first kappa shape index (κ1) is 17.2. The fourth-order valence-electron chi connectivity index (χ4n) is 3.02. The van der Waals surface area contributed by atoms with Crippen molar-refractivity contribution in [2.45, 2.75) is 58.0 Å². The van der Waals surface area contributed by atoms with E-state index in [4.69, 9.17) is 0 Å². The van der Waals surface area contributed by atoms with E-state index in [9.17, 15) is 9.59 Å². The standard InChI is InChI=1S/C17H26N4O2S/c1-16(2,3)14(23)21-9-6-17(7-10-21,13(22)19-12-4-5-12)20-15-18-8-11-24-15/h8,11-12H,4-7,9-10H2,1-3H3,(H,18,20)(H,19,22). The Morgan fingerprint density at radius 1 is 1.29 bits per heavy atom. The number of likely N-dealkylation sites (tertiary alicyclic amines) is 1. The quantitative estimate of drug-likeness (QED) is 0.873. The van der Waals surface area contributed by atoms with Crippen molar-refractivity contribution in [3.63, 3.8) is 0 Å². The molecule has 6 nitrogen and oxygen atoms in total. The van der Waals surface area contributed by atoms with Crippen molar-refractivity contribution in [2.75, 3.05) is 18.4 Å². The number of carbonyl (C=O) groups is 2. The van der Waals surface area contributed by atoms with Crippen LogP contribution >= 0.6 is 11.3 Å². The van der Waals surface area contributed by atoms with Gasteiger partial charge in [0.05, 0.1) is 0 Å². The van der Waals surface area contributed by atoms with Crippen molar-refractivity contribution in [1.82, 2.24) is 15.2 Å². The third-order valence-electron chi connectivity index (χ3n) is 4.67. The molecule has 1 aromatic heterocycles. The summed E-state index contributed by atoms with van der Waals surface area (Å²) in [6.07, 6.45) is 5.07. The van der Waals surface area contributed by atoms with Crippen LogP contribution in [-0.4, -0.2) is 46.4 Å². The van der Waals surface area contributed by atoms with Crippen molar-refractivity contribution in [1.29, 1.82) is 0 Å². The lowest BCUT2D eigenvalue weighted by atomic mass is 9.84. The highest BCUT2D eigenvalue weighted by Gasteiger charge is 2.45. The smallest absolute Gasteiger partial charge is 0.246 e. The normalized spacial score (nSPS) is 20.5. The summed E-state index contributed by atoms with van der Waals surface area (Å²) in [5, 5.41) is 9.14. The Balaban J connectivity index is 1.72. The molecular weight excluding hydrogens is 324 g/mol. The van der Waals surface area contributed by atoms with Gasteiger partial charge in [-0.3, -0.25) is 9.59 Å². The zero-order valence-electron chi connectivity index (χ0n) is 14.6. The number of amides is 2. The molecule has 3 rings (SSSR count). The lowest BCUT2D eigenvalue weighted by Crippen LogP contribution is -2.60. The van der Waals surface area contributed by atoms with Gasteiger partial charge in [-0.25, -0.2) is 4.98 Å². The number of hydrogen-bond donors (Lipinski definition) is 2. The van der Waals surface area contributed by atoms with Gasteiger partial charge in [0.2, 0.25) is 11.8 Å². The molecule has 0 bridgehead atoms. The summed E-state index contributed by atoms with van der Waals surface area (Å²) in [5.74, 6) is 0.191. The Morgan fingerprint density at radius 3 is 2.46 bits per heavy atom. The molecule has 1 aliphatic heterocycles. The first-order valence-corrected chi connectivity index (χ1v) is 9.46. The highest BCUT2D eigenvalue weighted by Crippen LogP contribution is 2.31. The minimum Gasteiger partial charge on any atom is -0.351 e. The first-order valence-electron chi connectivity index (χ1n) is 8.58. The molecule has 0 atom stereocenters. The Kier molecular flexibility index (Phi) is 4.55. The zero-order chi connectivity index (χ0) is 17.4. The molecular formula is C17H26N4O2S. The molecule has 1 saturated carbocycles. The van der Waals surface area contributed by atoms with Crippen LogP contribution in [0.4, 0.5) is 5.13 Å². The number of hydrogen-bond acceptors (Lipinski definition) is 5. The van der Waals surface area contributed by atoms with Gasteiger partial charge in [-0.05, 0) is 25.7 Å². The topological polar surface area (TPSA) is 74.3 Å². The molecule has 0 radical (unpaired) electrons. The van der Waals surface area contributed by atoms with Crippen LogP contribution in [0.15, 0.2) is 11.6 Å². The van der Waals surface area contributed by atoms with Crippen molar-refractivity contribution >= 4 is 28.3 Å². The maximum Gasteiger partial charge on any atom is 0.246 e. The van der Waals surface area contributed by atoms with Gasteiger partial charge in [0.15, 0.2) is 5.13 Å². The monoisotopic (exact) mass is 350 g/mol. The van der Waals surface area contributed by atoms with E-state index in [1.165, 1.54) is 11.3 Å². The summed E-state index contributed by atoms with van der Waals surface area (Å²) in [6.45, 7) is 6.99. The molecule has 132 valence electrons. The van der Waals surface area contributed by atoms with Gasteiger partial charge >= 0.3 is 0 Å². The van der Waals surface area contributed by atoms with Crippen molar-refractivity contribution < 1.29 is 9.59 Å². The third-order valence-corrected chi connectivity index (χ3v) is 5.36. The van der Waals surface area contributed by atoms with E-state index in [0.717, 1.165) is 18.0 Å². The van der Waals surface area contributed by atoms with Gasteiger partial charge in [0.1, 0.15) is 5.54 Å². The summed E-state index contributed by atoms with van der Waals surface area (Å²) in [5.41, 5.74) is -1.06. The zero-order valence-corrected chi connectivity index (χ0v) is 15.4. The summed E-state index contributed by atoms with van der Waals surface area (Å²) in [4.78, 5) is 31.5. The second-order valence-corrected chi connectivity index (χ2v) is 8.73. The van der Waals surface area contributed by atoms with E-state index in [0.29, 0.717) is 32.0 Å². The van der Waals surface area contributed by atoms with Crippen LogP contribution in [0.3, 0.4) is 0 Å². The molecule has 0 unspecified atom stereocenters.